The zero-order chi connectivity index (χ0) is 21.6. The summed E-state index contributed by atoms with van der Waals surface area (Å²) in [5, 5.41) is 13.3. The molecule has 31 heavy (non-hydrogen) atoms. The van der Waals surface area contributed by atoms with E-state index in [-0.39, 0.29) is 6.42 Å². The van der Waals surface area contributed by atoms with Crippen molar-refractivity contribution in [2.24, 2.45) is 7.05 Å². The Morgan fingerprint density at radius 1 is 1.03 bits per heavy atom. The molecule has 0 amide bonds. The SMILES string of the molecule is Cn1cc(-c2ccc(Oc3cccc(CC(=O)O)c3)c(CSc3ccccc3)c2)cn1. The van der Waals surface area contributed by atoms with Gasteiger partial charge >= 0.3 is 5.97 Å². The van der Waals surface area contributed by atoms with Gasteiger partial charge in [0.1, 0.15) is 11.5 Å². The summed E-state index contributed by atoms with van der Waals surface area (Å²) in [6.45, 7) is 0. The fraction of sp³-hybridized carbons (Fsp3) is 0.120. The fourth-order valence-electron chi connectivity index (χ4n) is 3.24. The third-order valence-corrected chi connectivity index (χ3v) is 5.78. The standard InChI is InChI=1S/C25H22N2O3S/c1-27-16-21(15-26-27)19-10-11-24(20(14-19)17-31-23-8-3-2-4-9-23)30-22-7-5-6-18(12-22)13-25(28)29/h2-12,14-16H,13,17H2,1H3,(H,28,29). The highest BCUT2D eigenvalue weighted by atomic mass is 32.2. The highest BCUT2D eigenvalue weighted by Crippen LogP contribution is 2.34. The highest BCUT2D eigenvalue weighted by molar-refractivity contribution is 7.98. The van der Waals surface area contributed by atoms with Crippen molar-refractivity contribution < 1.29 is 14.6 Å². The normalized spacial score (nSPS) is 10.7. The number of carbonyl (C=O) groups is 1. The Bertz CT molecular complexity index is 1190. The van der Waals surface area contributed by atoms with Crippen LogP contribution >= 0.6 is 11.8 Å². The summed E-state index contributed by atoms with van der Waals surface area (Å²) in [4.78, 5) is 12.2. The molecule has 1 heterocycles. The molecule has 156 valence electrons. The first-order valence-electron chi connectivity index (χ1n) is 9.85. The van der Waals surface area contributed by atoms with Gasteiger partial charge in [0.2, 0.25) is 0 Å². The molecule has 0 aliphatic heterocycles. The third kappa shape index (κ3) is 5.55. The molecule has 0 radical (unpaired) electrons. The largest absolute Gasteiger partial charge is 0.481 e. The topological polar surface area (TPSA) is 64.3 Å². The Balaban J connectivity index is 1.63. The number of aliphatic carboxylic acids is 1. The summed E-state index contributed by atoms with van der Waals surface area (Å²) < 4.78 is 7.97. The van der Waals surface area contributed by atoms with Gasteiger partial charge in [-0.15, -0.1) is 11.8 Å². The van der Waals surface area contributed by atoms with E-state index in [2.05, 4.69) is 23.3 Å². The minimum atomic E-state index is -0.863. The Hall–Kier alpha value is -3.51. The van der Waals surface area contributed by atoms with Crippen LogP contribution in [-0.2, 0) is 24.0 Å². The summed E-state index contributed by atoms with van der Waals surface area (Å²) in [5.41, 5.74) is 3.88. The lowest BCUT2D eigenvalue weighted by Crippen LogP contribution is -2.00. The van der Waals surface area contributed by atoms with E-state index in [1.807, 2.05) is 61.9 Å². The van der Waals surface area contributed by atoms with Crippen molar-refractivity contribution in [2.45, 2.75) is 17.1 Å². The zero-order valence-corrected chi connectivity index (χ0v) is 17.9. The van der Waals surface area contributed by atoms with Gasteiger partial charge in [-0.25, -0.2) is 0 Å². The summed E-state index contributed by atoms with van der Waals surface area (Å²) in [7, 11) is 1.90. The van der Waals surface area contributed by atoms with Gasteiger partial charge in [0, 0.05) is 35.0 Å². The number of thioether (sulfide) groups is 1. The number of carboxylic acids is 1. The molecular weight excluding hydrogens is 408 g/mol. The number of aryl methyl sites for hydroxylation is 1. The molecule has 0 saturated heterocycles. The van der Waals surface area contributed by atoms with Crippen LogP contribution in [0.15, 0.2) is 90.1 Å². The smallest absolute Gasteiger partial charge is 0.307 e. The van der Waals surface area contributed by atoms with E-state index in [0.29, 0.717) is 11.3 Å². The molecule has 0 aliphatic rings. The van der Waals surface area contributed by atoms with E-state index >= 15 is 0 Å². The van der Waals surface area contributed by atoms with E-state index in [4.69, 9.17) is 9.84 Å². The van der Waals surface area contributed by atoms with Crippen LogP contribution in [0.3, 0.4) is 0 Å². The Labute approximate surface area is 185 Å². The molecule has 0 unspecified atom stereocenters. The van der Waals surface area contributed by atoms with Gasteiger partial charge in [0.25, 0.3) is 0 Å². The number of hydrogen-bond acceptors (Lipinski definition) is 4. The molecule has 1 N–H and O–H groups in total. The van der Waals surface area contributed by atoms with Crippen molar-refractivity contribution in [3.63, 3.8) is 0 Å². The summed E-state index contributed by atoms with van der Waals surface area (Å²) in [6, 6.07) is 23.6. The van der Waals surface area contributed by atoms with E-state index in [9.17, 15) is 4.79 Å². The minimum absolute atomic E-state index is 0.0339. The van der Waals surface area contributed by atoms with Gasteiger partial charge < -0.3 is 9.84 Å². The molecular formula is C25H22N2O3S. The maximum atomic E-state index is 11.0. The number of carboxylic acid groups (broad SMARTS) is 1. The van der Waals surface area contributed by atoms with Crippen LogP contribution in [0.5, 0.6) is 11.5 Å². The maximum absolute atomic E-state index is 11.0. The van der Waals surface area contributed by atoms with Crippen LogP contribution in [0, 0.1) is 0 Å². The van der Waals surface area contributed by atoms with Crippen molar-refractivity contribution >= 4 is 17.7 Å². The lowest BCUT2D eigenvalue weighted by Gasteiger charge is -2.13. The Morgan fingerprint density at radius 3 is 2.61 bits per heavy atom. The highest BCUT2D eigenvalue weighted by Gasteiger charge is 2.11. The molecule has 4 aromatic rings. The van der Waals surface area contributed by atoms with E-state index < -0.39 is 5.97 Å². The average Bonchev–Trinajstić information content (AvgIpc) is 3.20. The van der Waals surface area contributed by atoms with Crippen molar-refractivity contribution in [3.05, 3.63) is 96.3 Å². The van der Waals surface area contributed by atoms with E-state index in [1.54, 1.807) is 28.6 Å². The van der Waals surface area contributed by atoms with Crippen LogP contribution in [0.1, 0.15) is 11.1 Å². The van der Waals surface area contributed by atoms with Crippen LogP contribution in [-0.4, -0.2) is 20.9 Å². The molecule has 5 nitrogen and oxygen atoms in total. The van der Waals surface area contributed by atoms with Gasteiger partial charge in [-0.1, -0.05) is 36.4 Å². The van der Waals surface area contributed by atoms with Crippen LogP contribution in [0.4, 0.5) is 0 Å². The number of nitrogens with zero attached hydrogens (tertiary/aromatic N) is 2. The molecule has 1 aromatic heterocycles. The molecule has 0 saturated carbocycles. The summed E-state index contributed by atoms with van der Waals surface area (Å²) in [6.07, 6.45) is 3.80. The lowest BCUT2D eigenvalue weighted by atomic mass is 10.1. The molecule has 3 aromatic carbocycles. The van der Waals surface area contributed by atoms with Crippen molar-refractivity contribution in [1.82, 2.24) is 9.78 Å². The van der Waals surface area contributed by atoms with Gasteiger partial charge in [0.15, 0.2) is 0 Å². The second kappa shape index (κ2) is 9.53. The monoisotopic (exact) mass is 430 g/mol. The van der Waals surface area contributed by atoms with Gasteiger partial charge in [-0.2, -0.15) is 5.10 Å². The first kappa shape index (κ1) is 20.8. The number of ether oxygens (including phenoxy) is 1. The molecule has 0 fully saturated rings. The van der Waals surface area contributed by atoms with E-state index in [1.165, 1.54) is 4.90 Å². The third-order valence-electron chi connectivity index (χ3n) is 4.72. The van der Waals surface area contributed by atoms with Gasteiger partial charge in [0.05, 0.1) is 12.6 Å². The Morgan fingerprint density at radius 2 is 1.87 bits per heavy atom. The average molecular weight is 431 g/mol. The number of benzene rings is 3. The minimum Gasteiger partial charge on any atom is -0.481 e. The predicted molar refractivity (Wildman–Crippen MR) is 123 cm³/mol. The molecule has 4 rings (SSSR count). The Kier molecular flexibility index (Phi) is 6.38. The number of hydrogen-bond donors (Lipinski definition) is 1. The molecule has 0 aliphatic carbocycles. The lowest BCUT2D eigenvalue weighted by molar-refractivity contribution is -0.136. The van der Waals surface area contributed by atoms with Crippen LogP contribution < -0.4 is 4.74 Å². The summed E-state index contributed by atoms with van der Waals surface area (Å²) in [5.74, 6) is 1.25. The fourth-order valence-corrected chi connectivity index (χ4v) is 4.14. The number of rotatable bonds is 8. The molecule has 0 spiro atoms. The van der Waals surface area contributed by atoms with Gasteiger partial charge in [-0.05, 0) is 47.5 Å². The second-order valence-corrected chi connectivity index (χ2v) is 8.20. The first-order chi connectivity index (χ1) is 15.1. The molecule has 6 heteroatoms. The van der Waals surface area contributed by atoms with Crippen molar-refractivity contribution in [2.75, 3.05) is 0 Å². The number of aromatic nitrogens is 2. The predicted octanol–water partition coefficient (Wildman–Crippen LogP) is 5.80. The maximum Gasteiger partial charge on any atom is 0.307 e. The quantitative estimate of drug-likeness (QED) is 0.358. The van der Waals surface area contributed by atoms with Crippen molar-refractivity contribution in [3.8, 4) is 22.6 Å². The van der Waals surface area contributed by atoms with E-state index in [0.717, 1.165) is 28.2 Å². The first-order valence-corrected chi connectivity index (χ1v) is 10.8. The molecule has 0 bridgehead atoms. The molecule has 0 atom stereocenters. The van der Waals surface area contributed by atoms with Crippen molar-refractivity contribution in [1.29, 1.82) is 0 Å². The second-order valence-electron chi connectivity index (χ2n) is 7.15. The van der Waals surface area contributed by atoms with Gasteiger partial charge in [-0.3, -0.25) is 9.48 Å². The zero-order valence-electron chi connectivity index (χ0n) is 17.1. The van der Waals surface area contributed by atoms with Crippen LogP contribution in [0.25, 0.3) is 11.1 Å². The summed E-state index contributed by atoms with van der Waals surface area (Å²) >= 11 is 1.74. The van der Waals surface area contributed by atoms with Crippen LogP contribution in [0.2, 0.25) is 0 Å².